The second kappa shape index (κ2) is 10.1. The lowest BCUT2D eigenvalue weighted by Gasteiger charge is -2.59. The van der Waals surface area contributed by atoms with Crippen LogP contribution in [0.3, 0.4) is 0 Å². The second-order valence-corrected chi connectivity index (χ2v) is 9.10. The Morgan fingerprint density at radius 1 is 0.763 bits per heavy atom. The molecular formula is C30H28O8. The minimum absolute atomic E-state index is 0.254. The van der Waals surface area contributed by atoms with Crippen LogP contribution in [0.25, 0.3) is 6.08 Å². The summed E-state index contributed by atoms with van der Waals surface area (Å²) in [6.45, 7) is 0. The molecule has 5 rings (SSSR count). The number of carbonyl (C=O) groups is 1. The van der Waals surface area contributed by atoms with E-state index in [4.69, 9.17) is 28.1 Å². The predicted molar refractivity (Wildman–Crippen MR) is 139 cm³/mol. The summed E-state index contributed by atoms with van der Waals surface area (Å²) in [6, 6.07) is 18.1. The molecule has 0 saturated heterocycles. The summed E-state index contributed by atoms with van der Waals surface area (Å²) in [5.74, 6) is 0.894. The van der Waals surface area contributed by atoms with E-state index in [0.29, 0.717) is 23.0 Å². The number of fused-ring (bicyclic) bond motifs is 1. The summed E-state index contributed by atoms with van der Waals surface area (Å²) in [5, 5.41) is 0. The van der Waals surface area contributed by atoms with E-state index in [-0.39, 0.29) is 11.8 Å². The third-order valence-corrected chi connectivity index (χ3v) is 7.23. The first-order valence-corrected chi connectivity index (χ1v) is 12.1. The van der Waals surface area contributed by atoms with E-state index in [1.54, 1.807) is 20.3 Å². The van der Waals surface area contributed by atoms with Crippen molar-refractivity contribution in [3.05, 3.63) is 106 Å². The van der Waals surface area contributed by atoms with E-state index in [1.807, 2.05) is 60.7 Å². The van der Waals surface area contributed by atoms with E-state index >= 15 is 0 Å². The summed E-state index contributed by atoms with van der Waals surface area (Å²) in [6.07, 6.45) is 5.11. The third kappa shape index (κ3) is 4.32. The smallest absolute Gasteiger partial charge is 0.339 e. The molecule has 1 aromatic heterocycles. The number of hydrogen-bond donors (Lipinski definition) is 0. The monoisotopic (exact) mass is 516 g/mol. The molecule has 0 radical (unpaired) electrons. The van der Waals surface area contributed by atoms with Crippen molar-refractivity contribution in [2.24, 2.45) is 5.92 Å². The molecule has 8 nitrogen and oxygen atoms in total. The van der Waals surface area contributed by atoms with Crippen LogP contribution in [0.4, 0.5) is 0 Å². The molecule has 1 fully saturated rings. The normalized spacial score (nSPS) is 24.1. The first-order valence-electron chi connectivity index (χ1n) is 12.1. The topological polar surface area (TPSA) is 93.4 Å². The van der Waals surface area contributed by atoms with Gasteiger partial charge in [-0.25, -0.2) is 9.59 Å². The molecule has 1 aliphatic heterocycles. The number of hydrogen-bond acceptors (Lipinski definition) is 8. The summed E-state index contributed by atoms with van der Waals surface area (Å²) < 4.78 is 33.5. The van der Waals surface area contributed by atoms with Crippen molar-refractivity contribution in [3.8, 4) is 17.2 Å². The Morgan fingerprint density at radius 3 is 2.00 bits per heavy atom. The summed E-state index contributed by atoms with van der Waals surface area (Å²) >= 11 is 0. The number of rotatable bonds is 8. The van der Waals surface area contributed by atoms with Crippen molar-refractivity contribution in [2.45, 2.75) is 17.4 Å². The van der Waals surface area contributed by atoms with Crippen molar-refractivity contribution in [1.29, 1.82) is 0 Å². The van der Waals surface area contributed by atoms with Gasteiger partial charge in [-0.05, 0) is 41.5 Å². The summed E-state index contributed by atoms with van der Waals surface area (Å²) in [4.78, 5) is 25.3. The molecule has 196 valence electrons. The standard InChI is InChI=1S/C30H28O8/c1-33-20-9-5-18(6-10-20)13-14-30-28(23(36-4)17-26(32)38-30)27(19-7-11-21(34-2)12-8-19)29(30)24-15-22(35-3)16-25(31)37-24/h5-17,27-29H,1-4H3/b14-13+/t27-,28-,29+,30-/m1/s1. The molecule has 3 aromatic rings. The Kier molecular flexibility index (Phi) is 6.72. The number of benzene rings is 2. The lowest BCUT2D eigenvalue weighted by molar-refractivity contribution is -0.182. The van der Waals surface area contributed by atoms with Gasteiger partial charge in [0.2, 0.25) is 0 Å². The fourth-order valence-corrected chi connectivity index (χ4v) is 5.49. The highest BCUT2D eigenvalue weighted by molar-refractivity contribution is 5.85. The zero-order chi connectivity index (χ0) is 26.9. The predicted octanol–water partition coefficient (Wildman–Crippen LogP) is 4.70. The molecule has 0 unspecified atom stereocenters. The molecule has 2 heterocycles. The number of ether oxygens (including phenoxy) is 5. The van der Waals surface area contributed by atoms with Gasteiger partial charge < -0.3 is 28.1 Å². The van der Waals surface area contributed by atoms with Crippen LogP contribution < -0.4 is 19.8 Å². The molecule has 4 atom stereocenters. The van der Waals surface area contributed by atoms with Crippen LogP contribution in [-0.4, -0.2) is 40.0 Å². The number of methoxy groups -OCH3 is 4. The Bertz CT molecular complexity index is 1430. The van der Waals surface area contributed by atoms with Crippen molar-refractivity contribution in [3.63, 3.8) is 0 Å². The first-order chi connectivity index (χ1) is 18.4. The molecule has 38 heavy (non-hydrogen) atoms. The van der Waals surface area contributed by atoms with Crippen LogP contribution in [0.15, 0.2) is 87.8 Å². The SMILES string of the molecule is COC1=CC(=O)O[C@]2(/C=C/c3ccc(OC)cc3)[C@H]1[C@@H](c1ccc(OC)cc1)[C@@H]2c1cc(OC)cc(=O)o1. The van der Waals surface area contributed by atoms with Crippen LogP contribution in [0, 0.1) is 5.92 Å². The maximum atomic E-state index is 12.9. The molecule has 2 aliphatic rings. The Balaban J connectivity index is 1.69. The van der Waals surface area contributed by atoms with Crippen LogP contribution >= 0.6 is 0 Å². The van der Waals surface area contributed by atoms with Gasteiger partial charge in [0, 0.05) is 12.0 Å². The Labute approximate surface area is 220 Å². The Hall–Kier alpha value is -4.46. The minimum Gasteiger partial charge on any atom is -0.500 e. The summed E-state index contributed by atoms with van der Waals surface area (Å²) in [5.41, 5.74) is 0.0716. The quantitative estimate of drug-likeness (QED) is 0.398. The van der Waals surface area contributed by atoms with Crippen molar-refractivity contribution in [1.82, 2.24) is 0 Å². The first kappa shape index (κ1) is 25.2. The Morgan fingerprint density at radius 2 is 1.39 bits per heavy atom. The van der Waals surface area contributed by atoms with Crippen LogP contribution in [-0.2, 0) is 14.3 Å². The molecule has 0 bridgehead atoms. The largest absolute Gasteiger partial charge is 0.500 e. The molecule has 8 heteroatoms. The molecule has 0 amide bonds. The van der Waals surface area contributed by atoms with Crippen molar-refractivity contribution in [2.75, 3.05) is 28.4 Å². The van der Waals surface area contributed by atoms with E-state index < -0.39 is 23.1 Å². The van der Waals surface area contributed by atoms with Crippen LogP contribution in [0.1, 0.15) is 28.7 Å². The highest BCUT2D eigenvalue weighted by Gasteiger charge is 2.68. The van der Waals surface area contributed by atoms with E-state index in [2.05, 4.69) is 0 Å². The second-order valence-electron chi connectivity index (χ2n) is 9.10. The molecule has 1 aliphatic carbocycles. The lowest BCUT2D eigenvalue weighted by Crippen LogP contribution is -2.63. The van der Waals surface area contributed by atoms with Gasteiger partial charge in [0.05, 0.1) is 52.4 Å². The maximum Gasteiger partial charge on any atom is 0.339 e. The van der Waals surface area contributed by atoms with Gasteiger partial charge >= 0.3 is 11.6 Å². The zero-order valence-electron chi connectivity index (χ0n) is 21.5. The average Bonchev–Trinajstić information content (AvgIpc) is 2.93. The van der Waals surface area contributed by atoms with Crippen LogP contribution in [0.2, 0.25) is 0 Å². The minimum atomic E-state index is -1.19. The van der Waals surface area contributed by atoms with Crippen molar-refractivity contribution >= 4 is 12.0 Å². The fourth-order valence-electron chi connectivity index (χ4n) is 5.49. The highest BCUT2D eigenvalue weighted by atomic mass is 16.6. The van der Waals surface area contributed by atoms with Crippen molar-refractivity contribution < 1.29 is 32.9 Å². The third-order valence-electron chi connectivity index (χ3n) is 7.23. The van der Waals surface area contributed by atoms with Gasteiger partial charge in [-0.15, -0.1) is 0 Å². The lowest BCUT2D eigenvalue weighted by atomic mass is 9.49. The van der Waals surface area contributed by atoms with Gasteiger partial charge in [-0.1, -0.05) is 30.3 Å². The van der Waals surface area contributed by atoms with Gasteiger partial charge in [0.25, 0.3) is 0 Å². The molecule has 1 saturated carbocycles. The van der Waals surface area contributed by atoms with Crippen LogP contribution in [0.5, 0.6) is 17.2 Å². The summed E-state index contributed by atoms with van der Waals surface area (Å²) in [7, 11) is 6.23. The highest BCUT2D eigenvalue weighted by Crippen LogP contribution is 2.66. The van der Waals surface area contributed by atoms with Gasteiger partial charge in [-0.3, -0.25) is 0 Å². The van der Waals surface area contributed by atoms with Gasteiger partial charge in [0.1, 0.15) is 28.8 Å². The zero-order valence-corrected chi connectivity index (χ0v) is 21.5. The van der Waals surface area contributed by atoms with E-state index in [9.17, 15) is 9.59 Å². The average molecular weight is 517 g/mol. The molecule has 0 spiro atoms. The molecular weight excluding hydrogens is 488 g/mol. The van der Waals surface area contributed by atoms with E-state index in [0.717, 1.165) is 16.9 Å². The van der Waals surface area contributed by atoms with E-state index in [1.165, 1.54) is 26.4 Å². The van der Waals surface area contributed by atoms with Gasteiger partial charge in [0.15, 0.2) is 5.60 Å². The maximum absolute atomic E-state index is 12.9. The molecule has 0 N–H and O–H groups in total. The van der Waals surface area contributed by atoms with Gasteiger partial charge in [-0.2, -0.15) is 0 Å². The fraction of sp³-hybridized carbons (Fsp3) is 0.267. The number of carbonyl (C=O) groups excluding carboxylic acids is 1. The molecule has 2 aromatic carbocycles. The number of esters is 1.